The predicted molar refractivity (Wildman–Crippen MR) is 70.6 cm³/mol. The van der Waals surface area contributed by atoms with Crippen LogP contribution in [-0.4, -0.2) is 12.1 Å². The summed E-state index contributed by atoms with van der Waals surface area (Å²) in [6.45, 7) is 5.55. The van der Waals surface area contributed by atoms with Crippen molar-refractivity contribution < 1.29 is 9.53 Å². The number of carbonyl (C=O) groups excluding carboxylic acids is 1. The number of carbonyl (C=O) groups is 1. The fourth-order valence-corrected chi connectivity index (χ4v) is 1.57. The highest BCUT2D eigenvalue weighted by Gasteiger charge is 2.12. The Morgan fingerprint density at radius 1 is 1.44 bits per heavy atom. The van der Waals surface area contributed by atoms with Crippen LogP contribution in [-0.2, 0) is 16.0 Å². The Kier molecular flexibility index (Phi) is 5.13. The molecule has 0 heterocycles. The molecule has 3 nitrogen and oxygen atoms in total. The zero-order valence-electron chi connectivity index (χ0n) is 10.9. The minimum absolute atomic E-state index is 0.0320. The Balaban J connectivity index is 3.05. The lowest BCUT2D eigenvalue weighted by Gasteiger charge is -2.07. The Bertz CT molecular complexity index is 495. The van der Waals surface area contributed by atoms with E-state index in [0.29, 0.717) is 0 Å². The normalized spacial score (nSPS) is 11.2. The molecule has 18 heavy (non-hydrogen) atoms. The first-order chi connectivity index (χ1) is 8.58. The Hall–Kier alpha value is -2.08. The molecule has 3 heteroatoms. The summed E-state index contributed by atoms with van der Waals surface area (Å²) < 4.78 is 5.02. The predicted octanol–water partition coefficient (Wildman–Crippen LogP) is 3.11. The Morgan fingerprint density at radius 3 is 2.67 bits per heavy atom. The largest absolute Gasteiger partial charge is 0.459 e. The van der Waals surface area contributed by atoms with Crippen molar-refractivity contribution in [3.8, 4) is 6.07 Å². The van der Waals surface area contributed by atoms with Gasteiger partial charge in [-0.05, 0) is 37.5 Å². The van der Waals surface area contributed by atoms with Crippen LogP contribution in [0.25, 0.3) is 6.08 Å². The number of esters is 1. The van der Waals surface area contributed by atoms with E-state index in [-0.39, 0.29) is 11.7 Å². The average Bonchev–Trinajstić information content (AvgIpc) is 2.35. The lowest BCUT2D eigenvalue weighted by atomic mass is 10.0. The summed E-state index contributed by atoms with van der Waals surface area (Å²) in [5, 5.41) is 9.02. The van der Waals surface area contributed by atoms with Crippen molar-refractivity contribution in [2.45, 2.75) is 33.3 Å². The number of nitriles is 1. The second kappa shape index (κ2) is 6.61. The summed E-state index contributed by atoms with van der Waals surface area (Å²) in [6, 6.07) is 9.58. The molecule has 0 saturated carbocycles. The van der Waals surface area contributed by atoms with Crippen LogP contribution < -0.4 is 0 Å². The van der Waals surface area contributed by atoms with Gasteiger partial charge >= 0.3 is 5.97 Å². The van der Waals surface area contributed by atoms with Gasteiger partial charge in [-0.25, -0.2) is 4.79 Å². The third kappa shape index (κ3) is 3.74. The average molecular weight is 243 g/mol. The highest BCUT2D eigenvalue weighted by molar-refractivity contribution is 5.98. The standard InChI is InChI=1S/C15H17NO2/c1-4-12-7-5-6-8-13(12)9-14(10-16)15(17)18-11(2)3/h5-9,11H,4H2,1-3H3/b14-9+. The van der Waals surface area contributed by atoms with Crippen molar-refractivity contribution in [3.63, 3.8) is 0 Å². The molecule has 94 valence electrons. The Labute approximate surface area is 108 Å². The van der Waals surface area contributed by atoms with E-state index in [4.69, 9.17) is 10.00 Å². The molecule has 1 aromatic rings. The number of hydrogen-bond donors (Lipinski definition) is 0. The minimum Gasteiger partial charge on any atom is -0.459 e. The van der Waals surface area contributed by atoms with Crippen LogP contribution in [0.4, 0.5) is 0 Å². The fraction of sp³-hybridized carbons (Fsp3) is 0.333. The third-order valence-electron chi connectivity index (χ3n) is 2.42. The van der Waals surface area contributed by atoms with Crippen molar-refractivity contribution in [1.82, 2.24) is 0 Å². The van der Waals surface area contributed by atoms with E-state index in [0.717, 1.165) is 17.5 Å². The molecular formula is C15H17NO2. The van der Waals surface area contributed by atoms with Crippen molar-refractivity contribution in [2.24, 2.45) is 0 Å². The van der Waals surface area contributed by atoms with E-state index in [1.165, 1.54) is 0 Å². The molecule has 0 amide bonds. The number of nitrogens with zero attached hydrogens (tertiary/aromatic N) is 1. The van der Waals surface area contributed by atoms with E-state index in [2.05, 4.69) is 0 Å². The van der Waals surface area contributed by atoms with Gasteiger partial charge in [0.2, 0.25) is 0 Å². The molecule has 0 aliphatic heterocycles. The van der Waals surface area contributed by atoms with E-state index in [1.54, 1.807) is 19.9 Å². The maximum absolute atomic E-state index is 11.7. The Morgan fingerprint density at radius 2 is 2.11 bits per heavy atom. The van der Waals surface area contributed by atoms with Gasteiger partial charge in [0.25, 0.3) is 0 Å². The number of benzene rings is 1. The van der Waals surface area contributed by atoms with Crippen LogP contribution in [0.5, 0.6) is 0 Å². The van der Waals surface area contributed by atoms with Crippen LogP contribution >= 0.6 is 0 Å². The number of rotatable bonds is 4. The van der Waals surface area contributed by atoms with Crippen LogP contribution in [0, 0.1) is 11.3 Å². The lowest BCUT2D eigenvalue weighted by molar-refractivity contribution is -0.142. The molecule has 0 aliphatic rings. The monoisotopic (exact) mass is 243 g/mol. The van der Waals surface area contributed by atoms with Gasteiger partial charge in [0.15, 0.2) is 0 Å². The van der Waals surface area contributed by atoms with Gasteiger partial charge in [0.05, 0.1) is 6.10 Å². The quantitative estimate of drug-likeness (QED) is 0.464. The maximum Gasteiger partial charge on any atom is 0.349 e. The number of hydrogen-bond acceptors (Lipinski definition) is 3. The summed E-state index contributed by atoms with van der Waals surface area (Å²) in [7, 11) is 0. The van der Waals surface area contributed by atoms with Crippen molar-refractivity contribution >= 4 is 12.0 Å². The molecule has 0 aromatic heterocycles. The van der Waals surface area contributed by atoms with Gasteiger partial charge in [-0.15, -0.1) is 0 Å². The van der Waals surface area contributed by atoms with E-state index in [1.807, 2.05) is 37.3 Å². The molecule has 0 unspecified atom stereocenters. The van der Waals surface area contributed by atoms with Crippen LogP contribution in [0.15, 0.2) is 29.8 Å². The third-order valence-corrected chi connectivity index (χ3v) is 2.42. The highest BCUT2D eigenvalue weighted by atomic mass is 16.5. The van der Waals surface area contributed by atoms with Gasteiger partial charge in [-0.3, -0.25) is 0 Å². The molecule has 0 atom stereocenters. The van der Waals surface area contributed by atoms with Gasteiger partial charge < -0.3 is 4.74 Å². The molecule has 0 aliphatic carbocycles. The molecule has 0 saturated heterocycles. The maximum atomic E-state index is 11.7. The zero-order valence-corrected chi connectivity index (χ0v) is 10.9. The summed E-state index contributed by atoms with van der Waals surface area (Å²) >= 11 is 0. The topological polar surface area (TPSA) is 50.1 Å². The van der Waals surface area contributed by atoms with E-state index < -0.39 is 5.97 Å². The van der Waals surface area contributed by atoms with Gasteiger partial charge in [-0.1, -0.05) is 31.2 Å². The van der Waals surface area contributed by atoms with Crippen molar-refractivity contribution in [2.75, 3.05) is 0 Å². The smallest absolute Gasteiger partial charge is 0.349 e. The zero-order chi connectivity index (χ0) is 13.5. The summed E-state index contributed by atoms with van der Waals surface area (Å²) in [4.78, 5) is 11.7. The van der Waals surface area contributed by atoms with Gasteiger partial charge in [0.1, 0.15) is 11.6 Å². The molecular weight excluding hydrogens is 226 g/mol. The first-order valence-corrected chi connectivity index (χ1v) is 5.99. The van der Waals surface area contributed by atoms with Crippen LogP contribution in [0.3, 0.4) is 0 Å². The number of ether oxygens (including phenoxy) is 1. The molecule has 0 radical (unpaired) electrons. The second-order valence-corrected chi connectivity index (χ2v) is 4.18. The fourth-order valence-electron chi connectivity index (χ4n) is 1.57. The SMILES string of the molecule is CCc1ccccc1/C=C(\C#N)C(=O)OC(C)C. The summed E-state index contributed by atoms with van der Waals surface area (Å²) in [5.74, 6) is -0.571. The van der Waals surface area contributed by atoms with E-state index in [9.17, 15) is 4.79 Å². The lowest BCUT2D eigenvalue weighted by Crippen LogP contribution is -2.12. The van der Waals surface area contributed by atoms with Crippen molar-refractivity contribution in [1.29, 1.82) is 5.26 Å². The number of aryl methyl sites for hydroxylation is 1. The van der Waals surface area contributed by atoms with Gasteiger partial charge in [0, 0.05) is 0 Å². The van der Waals surface area contributed by atoms with Gasteiger partial charge in [-0.2, -0.15) is 5.26 Å². The first-order valence-electron chi connectivity index (χ1n) is 5.99. The molecule has 0 fully saturated rings. The van der Waals surface area contributed by atoms with Crippen molar-refractivity contribution in [3.05, 3.63) is 41.0 Å². The molecule has 1 aromatic carbocycles. The second-order valence-electron chi connectivity index (χ2n) is 4.18. The molecule has 0 bridgehead atoms. The van der Waals surface area contributed by atoms with Crippen LogP contribution in [0.1, 0.15) is 31.9 Å². The minimum atomic E-state index is -0.571. The summed E-state index contributed by atoms with van der Waals surface area (Å²) in [5.41, 5.74) is 2.02. The molecule has 0 N–H and O–H groups in total. The van der Waals surface area contributed by atoms with E-state index >= 15 is 0 Å². The highest BCUT2D eigenvalue weighted by Crippen LogP contribution is 2.14. The van der Waals surface area contributed by atoms with Crippen LogP contribution in [0.2, 0.25) is 0 Å². The molecule has 0 spiro atoms. The summed E-state index contributed by atoms with van der Waals surface area (Å²) in [6.07, 6.45) is 2.21. The first kappa shape index (κ1) is 14.0. The molecule has 1 rings (SSSR count).